The third-order valence-corrected chi connectivity index (χ3v) is 3.80. The van der Waals surface area contributed by atoms with Crippen LogP contribution in [0.3, 0.4) is 0 Å². The van der Waals surface area contributed by atoms with Crippen molar-refractivity contribution < 1.29 is 4.42 Å². The SMILES string of the molecule is Cc1nccn1-c1ccccc1CNc1nc2ccccc2o1. The second-order valence-corrected chi connectivity index (χ2v) is 5.31. The summed E-state index contributed by atoms with van der Waals surface area (Å²) in [5.41, 5.74) is 3.89. The standard InChI is InChI=1S/C18H16N4O/c1-13-19-10-11-22(13)16-8-4-2-6-14(16)12-20-18-21-15-7-3-5-9-17(15)23-18/h2-11H,12H2,1H3,(H,20,21). The van der Waals surface area contributed by atoms with Crippen molar-refractivity contribution in [1.29, 1.82) is 0 Å². The molecular weight excluding hydrogens is 288 g/mol. The van der Waals surface area contributed by atoms with E-state index in [1.807, 2.05) is 49.5 Å². The maximum absolute atomic E-state index is 5.70. The van der Waals surface area contributed by atoms with Crippen LogP contribution in [0, 0.1) is 6.92 Å². The van der Waals surface area contributed by atoms with Crippen molar-refractivity contribution in [3.8, 4) is 5.69 Å². The second-order valence-electron chi connectivity index (χ2n) is 5.31. The Labute approximate surface area is 133 Å². The number of benzene rings is 2. The Bertz CT molecular complexity index is 921. The highest BCUT2D eigenvalue weighted by Crippen LogP contribution is 2.21. The molecule has 0 amide bonds. The van der Waals surface area contributed by atoms with Crippen LogP contribution in [-0.2, 0) is 6.54 Å². The molecule has 0 spiro atoms. The maximum atomic E-state index is 5.70. The van der Waals surface area contributed by atoms with E-state index >= 15 is 0 Å². The van der Waals surface area contributed by atoms with Gasteiger partial charge in [0.05, 0.1) is 5.69 Å². The van der Waals surface area contributed by atoms with Gasteiger partial charge in [-0.25, -0.2) is 4.98 Å². The summed E-state index contributed by atoms with van der Waals surface area (Å²) in [6, 6.07) is 16.5. The molecular formula is C18H16N4O. The Kier molecular flexibility index (Phi) is 3.31. The van der Waals surface area contributed by atoms with E-state index in [2.05, 4.69) is 32.0 Å². The zero-order valence-corrected chi connectivity index (χ0v) is 12.7. The number of hydrogen-bond donors (Lipinski definition) is 1. The zero-order valence-electron chi connectivity index (χ0n) is 12.7. The molecule has 0 fully saturated rings. The third-order valence-electron chi connectivity index (χ3n) is 3.80. The summed E-state index contributed by atoms with van der Waals surface area (Å²) >= 11 is 0. The van der Waals surface area contributed by atoms with Gasteiger partial charge in [0.25, 0.3) is 6.01 Å². The highest BCUT2D eigenvalue weighted by atomic mass is 16.4. The van der Waals surface area contributed by atoms with Gasteiger partial charge in [0, 0.05) is 18.9 Å². The molecule has 23 heavy (non-hydrogen) atoms. The van der Waals surface area contributed by atoms with E-state index in [1.54, 1.807) is 6.20 Å². The summed E-state index contributed by atoms with van der Waals surface area (Å²) < 4.78 is 7.78. The summed E-state index contributed by atoms with van der Waals surface area (Å²) in [7, 11) is 0. The van der Waals surface area contributed by atoms with Gasteiger partial charge in [-0.2, -0.15) is 4.98 Å². The average Bonchev–Trinajstić information content (AvgIpc) is 3.18. The van der Waals surface area contributed by atoms with Gasteiger partial charge in [-0.15, -0.1) is 0 Å². The summed E-state index contributed by atoms with van der Waals surface area (Å²) in [6.07, 6.45) is 3.77. The molecule has 0 aliphatic carbocycles. The van der Waals surface area contributed by atoms with Gasteiger partial charge in [0.1, 0.15) is 11.3 Å². The number of oxazole rings is 1. The minimum atomic E-state index is 0.531. The molecule has 5 nitrogen and oxygen atoms in total. The molecule has 0 aliphatic heterocycles. The molecule has 4 rings (SSSR count). The van der Waals surface area contributed by atoms with E-state index in [-0.39, 0.29) is 0 Å². The number of imidazole rings is 1. The first-order valence-electron chi connectivity index (χ1n) is 7.49. The molecule has 2 aromatic carbocycles. The molecule has 0 aliphatic rings. The number of rotatable bonds is 4. The third kappa shape index (κ3) is 2.57. The fourth-order valence-corrected chi connectivity index (χ4v) is 2.65. The lowest BCUT2D eigenvalue weighted by Gasteiger charge is -2.11. The minimum Gasteiger partial charge on any atom is -0.424 e. The number of aryl methyl sites for hydroxylation is 1. The number of hydrogen-bond acceptors (Lipinski definition) is 4. The summed E-state index contributed by atoms with van der Waals surface area (Å²) in [6.45, 7) is 2.62. The monoisotopic (exact) mass is 304 g/mol. The van der Waals surface area contributed by atoms with Crippen LogP contribution in [0.1, 0.15) is 11.4 Å². The van der Waals surface area contributed by atoms with Crippen LogP contribution in [0.25, 0.3) is 16.8 Å². The lowest BCUT2D eigenvalue weighted by molar-refractivity contribution is 0.614. The number of fused-ring (bicyclic) bond motifs is 1. The molecule has 1 N–H and O–H groups in total. The van der Waals surface area contributed by atoms with Gasteiger partial charge >= 0.3 is 0 Å². The molecule has 2 aromatic heterocycles. The first-order chi connectivity index (χ1) is 11.3. The fourth-order valence-electron chi connectivity index (χ4n) is 2.65. The molecule has 114 valence electrons. The van der Waals surface area contributed by atoms with E-state index in [1.165, 1.54) is 0 Å². The number of para-hydroxylation sites is 3. The van der Waals surface area contributed by atoms with Crippen molar-refractivity contribution in [2.24, 2.45) is 0 Å². The van der Waals surface area contributed by atoms with Crippen LogP contribution < -0.4 is 5.32 Å². The predicted octanol–water partition coefficient (Wildman–Crippen LogP) is 3.93. The molecule has 0 saturated heterocycles. The zero-order chi connectivity index (χ0) is 15.6. The Morgan fingerprint density at radius 3 is 2.74 bits per heavy atom. The molecule has 4 aromatic rings. The first kappa shape index (κ1) is 13.6. The van der Waals surface area contributed by atoms with Gasteiger partial charge in [-0.3, -0.25) is 0 Å². The van der Waals surface area contributed by atoms with Crippen LogP contribution in [0.4, 0.5) is 6.01 Å². The Morgan fingerprint density at radius 1 is 1.09 bits per heavy atom. The quantitative estimate of drug-likeness (QED) is 0.620. The van der Waals surface area contributed by atoms with Gasteiger partial charge in [0.15, 0.2) is 5.58 Å². The molecule has 0 atom stereocenters. The summed E-state index contributed by atoms with van der Waals surface area (Å²) in [4.78, 5) is 8.73. The van der Waals surface area contributed by atoms with Gasteiger partial charge in [0.2, 0.25) is 0 Å². The summed E-state index contributed by atoms with van der Waals surface area (Å²) in [5.74, 6) is 0.958. The van der Waals surface area contributed by atoms with Crippen LogP contribution in [0.2, 0.25) is 0 Å². The van der Waals surface area contributed by atoms with E-state index in [4.69, 9.17) is 4.42 Å². The number of nitrogens with zero attached hydrogens (tertiary/aromatic N) is 3. The highest BCUT2D eigenvalue weighted by Gasteiger charge is 2.08. The Morgan fingerprint density at radius 2 is 1.91 bits per heavy atom. The number of nitrogens with one attached hydrogen (secondary N) is 1. The van der Waals surface area contributed by atoms with Crippen LogP contribution in [0.15, 0.2) is 65.3 Å². The largest absolute Gasteiger partial charge is 0.424 e. The predicted molar refractivity (Wildman–Crippen MR) is 89.6 cm³/mol. The lowest BCUT2D eigenvalue weighted by atomic mass is 10.1. The van der Waals surface area contributed by atoms with Crippen LogP contribution in [-0.4, -0.2) is 14.5 Å². The Balaban J connectivity index is 1.61. The molecule has 0 saturated carbocycles. The van der Waals surface area contributed by atoms with Gasteiger partial charge in [-0.1, -0.05) is 30.3 Å². The van der Waals surface area contributed by atoms with E-state index < -0.39 is 0 Å². The molecule has 5 heteroatoms. The van der Waals surface area contributed by atoms with Crippen molar-refractivity contribution in [3.63, 3.8) is 0 Å². The van der Waals surface area contributed by atoms with Gasteiger partial charge < -0.3 is 14.3 Å². The smallest absolute Gasteiger partial charge is 0.295 e. The maximum Gasteiger partial charge on any atom is 0.295 e. The average molecular weight is 304 g/mol. The number of anilines is 1. The van der Waals surface area contributed by atoms with E-state index in [0.717, 1.165) is 28.2 Å². The summed E-state index contributed by atoms with van der Waals surface area (Å²) in [5, 5.41) is 3.26. The first-order valence-corrected chi connectivity index (χ1v) is 7.49. The van der Waals surface area contributed by atoms with Crippen molar-refractivity contribution in [3.05, 3.63) is 72.3 Å². The molecule has 2 heterocycles. The minimum absolute atomic E-state index is 0.531. The van der Waals surface area contributed by atoms with Crippen LogP contribution in [0.5, 0.6) is 0 Å². The fraction of sp³-hybridized carbons (Fsp3) is 0.111. The highest BCUT2D eigenvalue weighted by molar-refractivity contribution is 5.74. The Hall–Kier alpha value is -3.08. The molecule has 0 unspecified atom stereocenters. The van der Waals surface area contributed by atoms with Crippen LogP contribution >= 0.6 is 0 Å². The number of aromatic nitrogens is 3. The van der Waals surface area contributed by atoms with E-state index in [9.17, 15) is 0 Å². The topological polar surface area (TPSA) is 55.9 Å². The van der Waals surface area contributed by atoms with Crippen molar-refractivity contribution >= 4 is 17.1 Å². The lowest BCUT2D eigenvalue weighted by Crippen LogP contribution is -2.05. The van der Waals surface area contributed by atoms with Crippen molar-refractivity contribution in [2.45, 2.75) is 13.5 Å². The normalized spacial score (nSPS) is 11.0. The second kappa shape index (κ2) is 5.61. The molecule has 0 radical (unpaired) electrons. The molecule has 0 bridgehead atoms. The van der Waals surface area contributed by atoms with Gasteiger partial charge in [-0.05, 0) is 30.7 Å². The van der Waals surface area contributed by atoms with Crippen molar-refractivity contribution in [1.82, 2.24) is 14.5 Å². The van der Waals surface area contributed by atoms with E-state index in [0.29, 0.717) is 12.6 Å². The van der Waals surface area contributed by atoms with Crippen molar-refractivity contribution in [2.75, 3.05) is 5.32 Å².